The second-order valence-electron chi connectivity index (χ2n) is 4.59. The number of fused-ring (bicyclic) bond motifs is 1. The molecule has 8 heteroatoms. The second kappa shape index (κ2) is 4.52. The van der Waals surface area contributed by atoms with E-state index in [1.807, 2.05) is 4.90 Å². The van der Waals surface area contributed by atoms with Gasteiger partial charge in [0.05, 0.1) is 12.2 Å². The van der Waals surface area contributed by atoms with Crippen LogP contribution in [-0.4, -0.2) is 60.2 Å². The molecule has 1 aromatic rings. The number of anilines is 2. The number of halogens is 1. The fraction of sp³-hybridized carbons (Fsp3) is 0.545. The number of nitrogens with one attached hydrogen (secondary N) is 2. The van der Waals surface area contributed by atoms with Gasteiger partial charge in [0.25, 0.3) is 0 Å². The number of piperazine rings is 1. The maximum Gasteiger partial charge on any atom is 0.317 e. The predicted octanol–water partition coefficient (Wildman–Crippen LogP) is -0.129. The van der Waals surface area contributed by atoms with Crippen molar-refractivity contribution in [1.29, 1.82) is 0 Å². The lowest BCUT2D eigenvalue weighted by Gasteiger charge is -2.37. The van der Waals surface area contributed by atoms with Crippen molar-refractivity contribution >= 4 is 17.8 Å². The molecule has 1 atom stereocenters. The molecular formula is C11H15FN6O. The van der Waals surface area contributed by atoms with Crippen LogP contribution in [0.5, 0.6) is 0 Å². The molecule has 7 nitrogen and oxygen atoms in total. The Morgan fingerprint density at radius 3 is 3.16 bits per heavy atom. The number of amides is 2. The standard InChI is InChI=1S/C11H15FN6O/c1-13-10-14-5-8(12)9(16-10)17-2-3-18-7(6-17)4-15-11(18)19/h5,7H,2-4,6H2,1H3,(H,15,19)(H,13,14,16). The van der Waals surface area contributed by atoms with Crippen molar-refractivity contribution < 1.29 is 9.18 Å². The molecule has 102 valence electrons. The summed E-state index contributed by atoms with van der Waals surface area (Å²) in [5.41, 5.74) is 0. The third-order valence-corrected chi connectivity index (χ3v) is 3.48. The Labute approximate surface area is 109 Å². The van der Waals surface area contributed by atoms with E-state index in [0.29, 0.717) is 37.9 Å². The molecule has 1 aromatic heterocycles. The number of carbonyl (C=O) groups is 1. The van der Waals surface area contributed by atoms with E-state index < -0.39 is 5.82 Å². The maximum atomic E-state index is 13.8. The maximum absolute atomic E-state index is 13.8. The Hall–Kier alpha value is -2.12. The molecule has 3 heterocycles. The van der Waals surface area contributed by atoms with Crippen molar-refractivity contribution in [3.8, 4) is 0 Å². The smallest absolute Gasteiger partial charge is 0.317 e. The van der Waals surface area contributed by atoms with Gasteiger partial charge in [0, 0.05) is 33.2 Å². The third kappa shape index (κ3) is 2.02. The Kier molecular flexibility index (Phi) is 2.84. The van der Waals surface area contributed by atoms with Gasteiger partial charge in [-0.25, -0.2) is 14.2 Å². The average molecular weight is 266 g/mol. The molecule has 2 aliphatic rings. The highest BCUT2D eigenvalue weighted by atomic mass is 19.1. The van der Waals surface area contributed by atoms with Crippen molar-refractivity contribution in [1.82, 2.24) is 20.2 Å². The van der Waals surface area contributed by atoms with Gasteiger partial charge >= 0.3 is 6.03 Å². The minimum Gasteiger partial charge on any atom is -0.357 e. The van der Waals surface area contributed by atoms with Crippen LogP contribution in [0, 0.1) is 5.82 Å². The quantitative estimate of drug-likeness (QED) is 0.780. The van der Waals surface area contributed by atoms with Crippen LogP contribution >= 0.6 is 0 Å². The van der Waals surface area contributed by atoms with Crippen molar-refractivity contribution in [2.75, 3.05) is 43.4 Å². The second-order valence-corrected chi connectivity index (χ2v) is 4.59. The van der Waals surface area contributed by atoms with E-state index in [2.05, 4.69) is 20.6 Å². The summed E-state index contributed by atoms with van der Waals surface area (Å²) in [6.45, 7) is 2.33. The zero-order valence-corrected chi connectivity index (χ0v) is 10.6. The lowest BCUT2D eigenvalue weighted by molar-refractivity contribution is 0.197. The molecule has 0 radical (unpaired) electrons. The number of rotatable bonds is 2. The Morgan fingerprint density at radius 1 is 1.53 bits per heavy atom. The van der Waals surface area contributed by atoms with E-state index in [1.54, 1.807) is 11.9 Å². The zero-order valence-electron chi connectivity index (χ0n) is 10.6. The number of nitrogens with zero attached hydrogens (tertiary/aromatic N) is 4. The molecule has 2 N–H and O–H groups in total. The fourth-order valence-corrected chi connectivity index (χ4v) is 2.50. The van der Waals surface area contributed by atoms with Gasteiger partial charge in [-0.15, -0.1) is 0 Å². The van der Waals surface area contributed by atoms with E-state index >= 15 is 0 Å². The van der Waals surface area contributed by atoms with Gasteiger partial charge in [-0.3, -0.25) is 0 Å². The lowest BCUT2D eigenvalue weighted by atomic mass is 10.2. The minimum absolute atomic E-state index is 0.0382. The fourth-order valence-electron chi connectivity index (χ4n) is 2.50. The Morgan fingerprint density at radius 2 is 2.37 bits per heavy atom. The molecule has 0 bridgehead atoms. The summed E-state index contributed by atoms with van der Waals surface area (Å²) in [4.78, 5) is 23.1. The van der Waals surface area contributed by atoms with Crippen LogP contribution in [0.1, 0.15) is 0 Å². The van der Waals surface area contributed by atoms with E-state index in [0.717, 1.165) is 0 Å². The molecule has 2 aliphatic heterocycles. The van der Waals surface area contributed by atoms with Gasteiger partial charge in [-0.2, -0.15) is 4.98 Å². The molecule has 19 heavy (non-hydrogen) atoms. The highest BCUT2D eigenvalue weighted by Gasteiger charge is 2.36. The van der Waals surface area contributed by atoms with Gasteiger partial charge in [0.1, 0.15) is 0 Å². The van der Waals surface area contributed by atoms with Crippen LogP contribution in [-0.2, 0) is 0 Å². The molecule has 2 fully saturated rings. The topological polar surface area (TPSA) is 73.4 Å². The summed E-state index contributed by atoms with van der Waals surface area (Å²) < 4.78 is 13.8. The number of carbonyl (C=O) groups excluding carboxylic acids is 1. The molecule has 0 aliphatic carbocycles. The molecule has 3 rings (SSSR count). The van der Waals surface area contributed by atoms with Gasteiger partial charge in [0.15, 0.2) is 11.6 Å². The predicted molar refractivity (Wildman–Crippen MR) is 67.6 cm³/mol. The van der Waals surface area contributed by atoms with E-state index in [-0.39, 0.29) is 12.1 Å². The molecule has 0 saturated carbocycles. The largest absolute Gasteiger partial charge is 0.357 e. The molecule has 0 spiro atoms. The number of aromatic nitrogens is 2. The monoisotopic (exact) mass is 266 g/mol. The van der Waals surface area contributed by atoms with Crippen LogP contribution in [0.2, 0.25) is 0 Å². The summed E-state index contributed by atoms with van der Waals surface area (Å²) in [7, 11) is 1.69. The number of hydrogen-bond acceptors (Lipinski definition) is 5. The first kappa shape index (κ1) is 11.9. The lowest BCUT2D eigenvalue weighted by Crippen LogP contribution is -2.52. The molecular weight excluding hydrogens is 251 g/mol. The zero-order chi connectivity index (χ0) is 13.4. The first-order valence-corrected chi connectivity index (χ1v) is 6.18. The third-order valence-electron chi connectivity index (χ3n) is 3.48. The highest BCUT2D eigenvalue weighted by Crippen LogP contribution is 2.22. The number of urea groups is 1. The Balaban J connectivity index is 1.82. The highest BCUT2D eigenvalue weighted by molar-refractivity contribution is 5.77. The van der Waals surface area contributed by atoms with Crippen molar-refractivity contribution in [3.63, 3.8) is 0 Å². The van der Waals surface area contributed by atoms with E-state index in [1.165, 1.54) is 6.20 Å². The molecule has 1 unspecified atom stereocenters. The summed E-state index contributed by atoms with van der Waals surface area (Å²) in [5.74, 6) is 0.238. The molecule has 0 aromatic carbocycles. The minimum atomic E-state index is -0.440. The SMILES string of the molecule is CNc1ncc(F)c(N2CCN3C(=O)NCC3C2)n1. The van der Waals surface area contributed by atoms with Gasteiger partial charge in [-0.1, -0.05) is 0 Å². The molecule has 2 saturated heterocycles. The summed E-state index contributed by atoms with van der Waals surface area (Å²) in [6, 6.07) is 0.0392. The summed E-state index contributed by atoms with van der Waals surface area (Å²) >= 11 is 0. The Bertz CT molecular complexity index is 510. The van der Waals surface area contributed by atoms with Crippen molar-refractivity contribution in [2.45, 2.75) is 6.04 Å². The van der Waals surface area contributed by atoms with Gasteiger partial charge in [-0.05, 0) is 0 Å². The average Bonchev–Trinajstić information content (AvgIpc) is 2.80. The summed E-state index contributed by atoms with van der Waals surface area (Å²) in [5, 5.41) is 5.59. The van der Waals surface area contributed by atoms with Gasteiger partial charge < -0.3 is 20.4 Å². The normalized spacial score (nSPS) is 22.2. The van der Waals surface area contributed by atoms with Crippen LogP contribution < -0.4 is 15.5 Å². The first-order valence-electron chi connectivity index (χ1n) is 6.18. The van der Waals surface area contributed by atoms with Crippen molar-refractivity contribution in [2.24, 2.45) is 0 Å². The van der Waals surface area contributed by atoms with E-state index in [9.17, 15) is 9.18 Å². The van der Waals surface area contributed by atoms with Crippen LogP contribution in [0.25, 0.3) is 0 Å². The first-order chi connectivity index (χ1) is 9.19. The number of hydrogen-bond donors (Lipinski definition) is 2. The van der Waals surface area contributed by atoms with Crippen LogP contribution in [0.4, 0.5) is 21.0 Å². The van der Waals surface area contributed by atoms with Gasteiger partial charge in [0.2, 0.25) is 5.95 Å². The summed E-state index contributed by atoms with van der Waals surface area (Å²) in [6.07, 6.45) is 1.17. The van der Waals surface area contributed by atoms with Crippen molar-refractivity contribution in [3.05, 3.63) is 12.0 Å². The molecule has 2 amide bonds. The van der Waals surface area contributed by atoms with Crippen LogP contribution in [0.3, 0.4) is 0 Å². The van der Waals surface area contributed by atoms with E-state index in [4.69, 9.17) is 0 Å². The van der Waals surface area contributed by atoms with Crippen LogP contribution in [0.15, 0.2) is 6.20 Å².